The van der Waals surface area contributed by atoms with Gasteiger partial charge in [-0.15, -0.1) is 0 Å². The number of fused-ring (bicyclic) bond motifs is 3. The molecule has 45 heavy (non-hydrogen) atoms. The van der Waals surface area contributed by atoms with E-state index in [1.165, 1.54) is 70.7 Å². The highest BCUT2D eigenvalue weighted by Gasteiger charge is 2.21. The fraction of sp³-hybridized carbons (Fsp3) is 0. The molecule has 0 aliphatic rings. The number of hydrogen-bond acceptors (Lipinski definition) is 2. The van der Waals surface area contributed by atoms with Crippen molar-refractivity contribution < 1.29 is 4.42 Å². The van der Waals surface area contributed by atoms with Crippen molar-refractivity contribution >= 4 is 65.0 Å². The van der Waals surface area contributed by atoms with Gasteiger partial charge < -0.3 is 4.42 Å². The molecule has 9 aromatic carbocycles. The predicted molar refractivity (Wildman–Crippen MR) is 189 cm³/mol. The highest BCUT2D eigenvalue weighted by molar-refractivity contribution is 6.30. The van der Waals surface area contributed by atoms with E-state index in [0.717, 1.165) is 22.0 Å². The first-order valence-electron chi connectivity index (χ1n) is 15.4. The summed E-state index contributed by atoms with van der Waals surface area (Å²) in [6, 6.07) is 54.5. The van der Waals surface area contributed by atoms with Gasteiger partial charge in [0.1, 0.15) is 5.52 Å². The quantitative estimate of drug-likeness (QED) is 0.197. The Balaban J connectivity index is 1.37. The van der Waals surface area contributed by atoms with Crippen LogP contribution in [0.5, 0.6) is 0 Å². The Morgan fingerprint density at radius 1 is 0.356 bits per heavy atom. The molecule has 2 nitrogen and oxygen atoms in total. The molecule has 1 heterocycles. The van der Waals surface area contributed by atoms with E-state index in [2.05, 4.69) is 127 Å². The van der Waals surface area contributed by atoms with Crippen LogP contribution < -0.4 is 0 Å². The molecule has 1 aromatic heterocycles. The summed E-state index contributed by atoms with van der Waals surface area (Å²) in [5.74, 6) is 0.643. The highest BCUT2D eigenvalue weighted by atomic mass is 16.3. The number of rotatable bonds is 3. The molecular formula is C43H25NO. The molecule has 10 rings (SSSR count). The largest absolute Gasteiger partial charge is 0.436 e. The second-order valence-corrected chi connectivity index (χ2v) is 11.9. The van der Waals surface area contributed by atoms with Crippen LogP contribution in [-0.2, 0) is 0 Å². The molecule has 0 amide bonds. The molecule has 0 aliphatic carbocycles. The lowest BCUT2D eigenvalue weighted by Gasteiger charge is -2.19. The minimum absolute atomic E-state index is 0.643. The van der Waals surface area contributed by atoms with Crippen LogP contribution in [0.25, 0.3) is 98.7 Å². The minimum Gasteiger partial charge on any atom is -0.436 e. The summed E-state index contributed by atoms with van der Waals surface area (Å²) in [5.41, 5.74) is 7.55. The van der Waals surface area contributed by atoms with Crippen LogP contribution in [0, 0.1) is 0 Å². The average Bonchev–Trinajstić information content (AvgIpc) is 3.54. The zero-order valence-corrected chi connectivity index (χ0v) is 24.3. The normalized spacial score (nSPS) is 12.0. The van der Waals surface area contributed by atoms with Crippen molar-refractivity contribution in [3.8, 4) is 33.7 Å². The first-order valence-corrected chi connectivity index (χ1v) is 15.4. The smallest absolute Gasteiger partial charge is 0.227 e. The van der Waals surface area contributed by atoms with E-state index >= 15 is 0 Å². The maximum atomic E-state index is 6.45. The fourth-order valence-corrected chi connectivity index (χ4v) is 7.44. The Morgan fingerprint density at radius 3 is 1.67 bits per heavy atom. The van der Waals surface area contributed by atoms with Gasteiger partial charge in [-0.05, 0) is 94.3 Å². The van der Waals surface area contributed by atoms with E-state index in [0.29, 0.717) is 5.89 Å². The van der Waals surface area contributed by atoms with Gasteiger partial charge in [0.05, 0.1) is 0 Å². The molecule has 0 radical (unpaired) electrons. The summed E-state index contributed by atoms with van der Waals surface area (Å²) < 4.78 is 6.45. The van der Waals surface area contributed by atoms with Crippen molar-refractivity contribution in [3.05, 3.63) is 152 Å². The molecule has 0 fully saturated rings. The molecule has 10 aromatic rings. The topological polar surface area (TPSA) is 26.0 Å². The van der Waals surface area contributed by atoms with Gasteiger partial charge in [0, 0.05) is 5.56 Å². The molecule has 0 spiro atoms. The van der Waals surface area contributed by atoms with Crippen molar-refractivity contribution in [1.82, 2.24) is 4.98 Å². The van der Waals surface area contributed by atoms with Gasteiger partial charge in [0.25, 0.3) is 0 Å². The van der Waals surface area contributed by atoms with Gasteiger partial charge in [-0.3, -0.25) is 0 Å². The summed E-state index contributed by atoms with van der Waals surface area (Å²) >= 11 is 0. The van der Waals surface area contributed by atoms with Gasteiger partial charge in [-0.2, -0.15) is 0 Å². The third-order valence-corrected chi connectivity index (χ3v) is 9.47. The summed E-state index contributed by atoms with van der Waals surface area (Å²) in [4.78, 5) is 4.99. The predicted octanol–water partition coefficient (Wildman–Crippen LogP) is 12.0. The number of aromatic nitrogens is 1. The second-order valence-electron chi connectivity index (χ2n) is 11.9. The van der Waals surface area contributed by atoms with E-state index in [1.54, 1.807) is 0 Å². The summed E-state index contributed by atoms with van der Waals surface area (Å²) in [6.45, 7) is 0. The molecule has 0 saturated carbocycles. The maximum Gasteiger partial charge on any atom is 0.227 e. The van der Waals surface area contributed by atoms with Crippen LogP contribution in [0.1, 0.15) is 0 Å². The van der Waals surface area contributed by atoms with E-state index in [-0.39, 0.29) is 0 Å². The maximum absolute atomic E-state index is 6.45. The van der Waals surface area contributed by atoms with Crippen LogP contribution in [-0.4, -0.2) is 4.98 Å². The second kappa shape index (κ2) is 9.25. The molecule has 0 bridgehead atoms. The number of para-hydroxylation sites is 2. The first-order chi connectivity index (χ1) is 22.3. The highest BCUT2D eigenvalue weighted by Crippen LogP contribution is 2.47. The number of hydrogen-bond donors (Lipinski definition) is 0. The average molecular weight is 572 g/mol. The van der Waals surface area contributed by atoms with Crippen molar-refractivity contribution in [1.29, 1.82) is 0 Å². The van der Waals surface area contributed by atoms with Crippen LogP contribution in [0.2, 0.25) is 0 Å². The first kappa shape index (κ1) is 24.5. The van der Waals surface area contributed by atoms with E-state index in [1.807, 2.05) is 24.3 Å². The molecule has 208 valence electrons. The molecule has 0 unspecified atom stereocenters. The van der Waals surface area contributed by atoms with Crippen LogP contribution in [0.3, 0.4) is 0 Å². The monoisotopic (exact) mass is 571 g/mol. The lowest BCUT2D eigenvalue weighted by molar-refractivity contribution is 0.620. The molecule has 0 atom stereocenters. The van der Waals surface area contributed by atoms with E-state index < -0.39 is 0 Å². The third-order valence-electron chi connectivity index (χ3n) is 9.47. The zero-order chi connectivity index (χ0) is 29.5. The van der Waals surface area contributed by atoms with Gasteiger partial charge in [-0.1, -0.05) is 133 Å². The Kier molecular flexibility index (Phi) is 5.03. The fourth-order valence-electron chi connectivity index (χ4n) is 7.44. The zero-order valence-electron chi connectivity index (χ0n) is 24.3. The lowest BCUT2D eigenvalue weighted by Crippen LogP contribution is -1.93. The van der Waals surface area contributed by atoms with Gasteiger partial charge >= 0.3 is 0 Å². The Morgan fingerprint density at radius 2 is 0.911 bits per heavy atom. The Labute approximate surface area is 259 Å². The molecular weight excluding hydrogens is 546 g/mol. The van der Waals surface area contributed by atoms with Crippen molar-refractivity contribution in [2.75, 3.05) is 0 Å². The molecule has 0 saturated heterocycles. The Bertz CT molecular complexity index is 2720. The summed E-state index contributed by atoms with van der Waals surface area (Å²) in [5, 5.41) is 12.3. The van der Waals surface area contributed by atoms with Crippen LogP contribution >= 0.6 is 0 Å². The number of benzene rings is 9. The molecule has 0 aliphatic heterocycles. The SMILES string of the molecule is c1ccc2c(-c3ccc4ccc5c(-c6cccc7ccccc67)cc(-c6nc7ccccc7o6)c6ccc3c4c65)cccc2c1. The molecule has 2 heteroatoms. The Hall–Kier alpha value is -5.99. The number of oxazole rings is 1. The van der Waals surface area contributed by atoms with E-state index in [9.17, 15) is 0 Å². The molecule has 0 N–H and O–H groups in total. The van der Waals surface area contributed by atoms with Crippen molar-refractivity contribution in [3.63, 3.8) is 0 Å². The summed E-state index contributed by atoms with van der Waals surface area (Å²) in [6.07, 6.45) is 0. The van der Waals surface area contributed by atoms with Crippen molar-refractivity contribution in [2.24, 2.45) is 0 Å². The third kappa shape index (κ3) is 3.54. The summed E-state index contributed by atoms with van der Waals surface area (Å²) in [7, 11) is 0. The minimum atomic E-state index is 0.643. The van der Waals surface area contributed by atoms with Gasteiger partial charge in [0.15, 0.2) is 5.58 Å². The van der Waals surface area contributed by atoms with Crippen LogP contribution in [0.15, 0.2) is 156 Å². The lowest BCUT2D eigenvalue weighted by atomic mass is 9.84. The van der Waals surface area contributed by atoms with Gasteiger partial charge in [0.2, 0.25) is 5.89 Å². The van der Waals surface area contributed by atoms with E-state index in [4.69, 9.17) is 9.40 Å². The van der Waals surface area contributed by atoms with Crippen LogP contribution in [0.4, 0.5) is 0 Å². The number of nitrogens with zero attached hydrogens (tertiary/aromatic N) is 1. The van der Waals surface area contributed by atoms with Gasteiger partial charge in [-0.25, -0.2) is 4.98 Å². The standard InChI is InChI=1S/C43H25NO/c1-3-13-29-26(9-1)11-7-15-31(29)33-21-19-28-20-22-35-37(32-16-8-12-27-10-2-4-14-30(27)32)25-38(36-24-23-34(33)41(28)42(35)36)43-44-39-17-5-6-18-40(39)45-43/h1-25H. The van der Waals surface area contributed by atoms with Crippen molar-refractivity contribution in [2.45, 2.75) is 0 Å².